The summed E-state index contributed by atoms with van der Waals surface area (Å²) in [6.45, 7) is 2.05. The summed E-state index contributed by atoms with van der Waals surface area (Å²) in [6.07, 6.45) is 0.741. The number of imide groups is 1. The van der Waals surface area contributed by atoms with Crippen LogP contribution in [0.3, 0.4) is 0 Å². The van der Waals surface area contributed by atoms with Crippen molar-refractivity contribution >= 4 is 49.5 Å². The van der Waals surface area contributed by atoms with Gasteiger partial charge in [0.1, 0.15) is 11.7 Å². The molecule has 0 saturated heterocycles. The lowest BCUT2D eigenvalue weighted by Gasteiger charge is -2.15. The number of nitrogens with one attached hydrogen (secondary N) is 3. The van der Waals surface area contributed by atoms with E-state index in [2.05, 4.69) is 47.4 Å². The van der Waals surface area contributed by atoms with Crippen LogP contribution >= 0.6 is 31.9 Å². The molecule has 3 N–H and O–H groups in total. The third kappa shape index (κ3) is 8.18. The standard InChI is InChI=1S/C25H23Br2N5O5/c1-2-36-25(35)30-24(34)17(12-28)13-29-31-18-10-20(26)23(21(27)11-18)37-19-8-9-22(33)32(15-19)14-16-6-4-3-5-7-16/h3-11,15,17,29,31H,2,13-14H2,1H3,(H,30,34,35). The Balaban J connectivity index is 1.64. The third-order valence-electron chi connectivity index (χ3n) is 4.88. The van der Waals surface area contributed by atoms with Crippen LogP contribution in [-0.2, 0) is 16.1 Å². The second-order valence-corrected chi connectivity index (χ2v) is 9.29. The summed E-state index contributed by atoms with van der Waals surface area (Å²) in [5.41, 5.74) is 7.14. The van der Waals surface area contributed by atoms with Crippen molar-refractivity contribution in [3.05, 3.63) is 85.7 Å². The number of pyridine rings is 1. The molecule has 2 aromatic carbocycles. The number of nitriles is 1. The Hall–Kier alpha value is -3.66. The fourth-order valence-corrected chi connectivity index (χ4v) is 4.48. The van der Waals surface area contributed by atoms with Crippen LogP contribution in [0, 0.1) is 17.2 Å². The fourth-order valence-electron chi connectivity index (χ4n) is 3.13. The lowest BCUT2D eigenvalue weighted by molar-refractivity contribution is -0.122. The first-order chi connectivity index (χ1) is 17.8. The van der Waals surface area contributed by atoms with Gasteiger partial charge in [0.15, 0.2) is 5.75 Å². The van der Waals surface area contributed by atoms with Crippen molar-refractivity contribution in [2.24, 2.45) is 5.92 Å². The van der Waals surface area contributed by atoms with Gasteiger partial charge >= 0.3 is 6.09 Å². The van der Waals surface area contributed by atoms with E-state index < -0.39 is 17.9 Å². The number of benzene rings is 2. The first-order valence-corrected chi connectivity index (χ1v) is 12.7. The van der Waals surface area contributed by atoms with E-state index in [1.165, 1.54) is 6.07 Å². The fraction of sp³-hybridized carbons (Fsp3) is 0.200. The van der Waals surface area contributed by atoms with Gasteiger partial charge in [-0.1, -0.05) is 30.3 Å². The summed E-state index contributed by atoms with van der Waals surface area (Å²) >= 11 is 6.97. The van der Waals surface area contributed by atoms with Crippen molar-refractivity contribution in [1.29, 1.82) is 5.26 Å². The molecular formula is C25H23Br2N5O5. The highest BCUT2D eigenvalue weighted by molar-refractivity contribution is 9.11. The molecule has 192 valence electrons. The van der Waals surface area contributed by atoms with Gasteiger partial charge < -0.3 is 19.5 Å². The molecule has 1 heterocycles. The van der Waals surface area contributed by atoms with E-state index in [0.29, 0.717) is 32.7 Å². The van der Waals surface area contributed by atoms with Crippen molar-refractivity contribution < 1.29 is 19.1 Å². The van der Waals surface area contributed by atoms with Crippen molar-refractivity contribution in [2.75, 3.05) is 18.6 Å². The van der Waals surface area contributed by atoms with Crippen LogP contribution < -0.4 is 26.5 Å². The summed E-state index contributed by atoms with van der Waals surface area (Å²) in [5.74, 6) is -0.938. The molecule has 0 saturated carbocycles. The maximum absolute atomic E-state index is 12.3. The Labute approximate surface area is 229 Å². The molecule has 0 bridgehead atoms. The van der Waals surface area contributed by atoms with E-state index in [4.69, 9.17) is 4.74 Å². The van der Waals surface area contributed by atoms with Gasteiger partial charge in [0.05, 0.1) is 40.1 Å². The quantitative estimate of drug-likeness (QED) is 0.277. The molecule has 12 heteroatoms. The molecule has 0 radical (unpaired) electrons. The predicted molar refractivity (Wildman–Crippen MR) is 144 cm³/mol. The average molecular weight is 633 g/mol. The number of alkyl carbamates (subject to hydrolysis) is 1. The Bertz CT molecular complexity index is 1330. The second kappa shape index (κ2) is 13.6. The summed E-state index contributed by atoms with van der Waals surface area (Å²) in [6, 6.07) is 18.0. The highest BCUT2D eigenvalue weighted by Crippen LogP contribution is 2.39. The molecule has 0 spiro atoms. The molecule has 0 aliphatic heterocycles. The molecule has 0 aliphatic carbocycles. The lowest BCUT2D eigenvalue weighted by atomic mass is 10.1. The van der Waals surface area contributed by atoms with Gasteiger partial charge in [0.2, 0.25) is 5.91 Å². The van der Waals surface area contributed by atoms with Crippen LogP contribution in [-0.4, -0.2) is 29.7 Å². The monoisotopic (exact) mass is 631 g/mol. The molecule has 2 amide bonds. The van der Waals surface area contributed by atoms with Crippen LogP contribution in [0.5, 0.6) is 11.5 Å². The van der Waals surface area contributed by atoms with Crippen LogP contribution in [0.2, 0.25) is 0 Å². The van der Waals surface area contributed by atoms with Crippen molar-refractivity contribution in [3.8, 4) is 17.6 Å². The third-order valence-corrected chi connectivity index (χ3v) is 6.06. The summed E-state index contributed by atoms with van der Waals surface area (Å²) < 4.78 is 13.4. The van der Waals surface area contributed by atoms with Gasteiger partial charge in [-0.25, -0.2) is 10.2 Å². The normalized spacial score (nSPS) is 11.2. The number of carbonyl (C=O) groups is 2. The topological polar surface area (TPSA) is 134 Å². The molecule has 3 rings (SSSR count). The zero-order valence-corrected chi connectivity index (χ0v) is 22.8. The first kappa shape index (κ1) is 27.9. The molecule has 1 atom stereocenters. The number of nitrogens with zero attached hydrogens (tertiary/aromatic N) is 2. The van der Waals surface area contributed by atoms with Gasteiger partial charge in [0.25, 0.3) is 5.56 Å². The van der Waals surface area contributed by atoms with Gasteiger partial charge in [-0.05, 0) is 62.5 Å². The zero-order chi connectivity index (χ0) is 26.8. The lowest BCUT2D eigenvalue weighted by Crippen LogP contribution is -2.40. The van der Waals surface area contributed by atoms with Crippen LogP contribution in [0.1, 0.15) is 12.5 Å². The number of halogens is 2. The Kier molecular flexibility index (Phi) is 10.3. The molecule has 1 unspecified atom stereocenters. The van der Waals surface area contributed by atoms with Crippen LogP contribution in [0.15, 0.2) is 74.5 Å². The molecule has 37 heavy (non-hydrogen) atoms. The number of hydrazine groups is 1. The van der Waals surface area contributed by atoms with E-state index in [1.54, 1.807) is 35.9 Å². The largest absolute Gasteiger partial charge is 0.453 e. The minimum absolute atomic E-state index is 0.0712. The number of aromatic nitrogens is 1. The molecule has 3 aromatic rings. The summed E-state index contributed by atoms with van der Waals surface area (Å²) in [4.78, 5) is 35.7. The van der Waals surface area contributed by atoms with E-state index in [-0.39, 0.29) is 18.7 Å². The van der Waals surface area contributed by atoms with E-state index >= 15 is 0 Å². The molecule has 0 aliphatic rings. The minimum atomic E-state index is -1.13. The van der Waals surface area contributed by atoms with Gasteiger partial charge in [-0.2, -0.15) is 5.26 Å². The van der Waals surface area contributed by atoms with E-state index in [9.17, 15) is 19.6 Å². The van der Waals surface area contributed by atoms with Gasteiger partial charge in [-0.3, -0.25) is 14.9 Å². The number of carbonyl (C=O) groups excluding carboxylic acids is 2. The van der Waals surface area contributed by atoms with Crippen molar-refractivity contribution in [1.82, 2.24) is 15.3 Å². The summed E-state index contributed by atoms with van der Waals surface area (Å²) in [5, 5.41) is 11.2. The SMILES string of the molecule is CCOC(=O)NC(=O)C(C#N)CNNc1cc(Br)c(Oc2ccc(=O)n(Cc3ccccc3)c2)c(Br)c1. The average Bonchev–Trinajstić information content (AvgIpc) is 2.86. The maximum Gasteiger partial charge on any atom is 0.413 e. The molecular weight excluding hydrogens is 610 g/mol. The number of rotatable bonds is 10. The number of hydrogen-bond donors (Lipinski definition) is 3. The predicted octanol–water partition coefficient (Wildman–Crippen LogP) is 4.54. The highest BCUT2D eigenvalue weighted by atomic mass is 79.9. The van der Waals surface area contributed by atoms with E-state index in [0.717, 1.165) is 5.56 Å². The second-order valence-electron chi connectivity index (χ2n) is 7.58. The summed E-state index contributed by atoms with van der Waals surface area (Å²) in [7, 11) is 0. The van der Waals surface area contributed by atoms with Crippen LogP contribution in [0.25, 0.3) is 0 Å². The Morgan fingerprint density at radius 3 is 2.46 bits per heavy atom. The number of amides is 2. The Morgan fingerprint density at radius 2 is 1.81 bits per heavy atom. The maximum atomic E-state index is 12.3. The zero-order valence-electron chi connectivity index (χ0n) is 19.7. The van der Waals surface area contributed by atoms with Crippen molar-refractivity contribution in [3.63, 3.8) is 0 Å². The number of anilines is 1. The first-order valence-electron chi connectivity index (χ1n) is 11.1. The molecule has 1 aromatic heterocycles. The smallest absolute Gasteiger partial charge is 0.413 e. The van der Waals surface area contributed by atoms with Gasteiger partial charge in [-0.15, -0.1) is 0 Å². The number of hydrogen-bond acceptors (Lipinski definition) is 8. The highest BCUT2D eigenvalue weighted by Gasteiger charge is 2.20. The van der Waals surface area contributed by atoms with Crippen molar-refractivity contribution in [2.45, 2.75) is 13.5 Å². The molecule has 0 fully saturated rings. The molecule has 10 nitrogen and oxygen atoms in total. The van der Waals surface area contributed by atoms with Gasteiger partial charge in [0, 0.05) is 12.6 Å². The Morgan fingerprint density at radius 1 is 1.11 bits per heavy atom. The van der Waals surface area contributed by atoms with E-state index in [1.807, 2.05) is 41.7 Å². The number of ether oxygens (including phenoxy) is 2. The van der Waals surface area contributed by atoms with Crippen LogP contribution in [0.4, 0.5) is 10.5 Å². The minimum Gasteiger partial charge on any atom is -0.453 e.